The molecule has 1 atom stereocenters. The number of nitrogens with zero attached hydrogens (tertiary/aromatic N) is 5. The van der Waals surface area contributed by atoms with Crippen LogP contribution in [0, 0.1) is 0 Å². The molecule has 32 heavy (non-hydrogen) atoms. The van der Waals surface area contributed by atoms with Crippen LogP contribution in [0.1, 0.15) is 37.8 Å². The summed E-state index contributed by atoms with van der Waals surface area (Å²) in [5.41, 5.74) is 8.49. The molecule has 1 aliphatic heterocycles. The number of nitrogens with two attached hydrogens (primary N) is 1. The van der Waals surface area contributed by atoms with Crippen molar-refractivity contribution in [3.05, 3.63) is 70.7 Å². The highest BCUT2D eigenvalue weighted by Gasteiger charge is 2.33. The van der Waals surface area contributed by atoms with Crippen LogP contribution in [-0.2, 0) is 10.2 Å². The molecule has 0 aliphatic carbocycles. The summed E-state index contributed by atoms with van der Waals surface area (Å²) < 4.78 is 30.9. The molecule has 2 N–H and O–H groups in total. The van der Waals surface area contributed by atoms with E-state index in [1.807, 2.05) is 42.5 Å². The van der Waals surface area contributed by atoms with E-state index < -0.39 is 10.2 Å². The minimum absolute atomic E-state index is 0.0678. The Morgan fingerprint density at radius 1 is 1.16 bits per heavy atom. The van der Waals surface area contributed by atoms with Crippen LogP contribution in [0.4, 0.5) is 0 Å². The standard InChI is InChI=1S/C22H27ClN6O2S/c1-4-28(5-2)32(30,31)27-22(25-16(3)24)29-15-20(17-9-7-6-8-10-17)21(26-29)18-11-13-19(23)14-12-18/h6-14,20H,4-5,15H2,1-3H3,(H2,24,25,27). The third-order valence-corrected chi connectivity index (χ3v) is 6.81. The summed E-state index contributed by atoms with van der Waals surface area (Å²) in [7, 11) is -3.94. The van der Waals surface area contributed by atoms with Crippen LogP contribution >= 0.6 is 11.6 Å². The van der Waals surface area contributed by atoms with Gasteiger partial charge in [0.15, 0.2) is 0 Å². The van der Waals surface area contributed by atoms with E-state index in [1.165, 1.54) is 9.31 Å². The lowest BCUT2D eigenvalue weighted by molar-refractivity contribution is 0.441. The number of hydrogen-bond donors (Lipinski definition) is 1. The van der Waals surface area contributed by atoms with Crippen LogP contribution in [0.5, 0.6) is 0 Å². The molecule has 0 spiro atoms. The Bertz CT molecular complexity index is 1120. The molecule has 3 rings (SSSR count). The van der Waals surface area contributed by atoms with Gasteiger partial charge in [0.2, 0.25) is 0 Å². The third-order valence-electron chi connectivity index (χ3n) is 4.99. The topological polar surface area (TPSA) is 104 Å². The second-order valence-corrected chi connectivity index (χ2v) is 9.28. The highest BCUT2D eigenvalue weighted by molar-refractivity contribution is 7.87. The van der Waals surface area contributed by atoms with Crippen molar-refractivity contribution in [1.82, 2.24) is 9.31 Å². The molecular formula is C22H27ClN6O2S. The molecule has 8 nitrogen and oxygen atoms in total. The number of aliphatic imine (C=N–C) groups is 1. The molecule has 0 radical (unpaired) electrons. The Hall–Kier alpha value is -2.75. The fourth-order valence-corrected chi connectivity index (χ4v) is 4.68. The summed E-state index contributed by atoms with van der Waals surface area (Å²) >= 11 is 6.07. The van der Waals surface area contributed by atoms with Crippen molar-refractivity contribution < 1.29 is 8.42 Å². The number of guanidine groups is 1. The van der Waals surface area contributed by atoms with Gasteiger partial charge in [-0.2, -0.15) is 22.8 Å². The lowest BCUT2D eigenvalue weighted by atomic mass is 9.91. The maximum atomic E-state index is 12.8. The molecule has 2 aromatic rings. The highest BCUT2D eigenvalue weighted by atomic mass is 35.5. The quantitative estimate of drug-likeness (QED) is 0.511. The summed E-state index contributed by atoms with van der Waals surface area (Å²) in [4.78, 5) is 4.20. The van der Waals surface area contributed by atoms with Gasteiger partial charge >= 0.3 is 10.2 Å². The number of hydrazone groups is 1. The molecule has 0 aromatic heterocycles. The second-order valence-electron chi connectivity index (χ2n) is 7.24. The minimum Gasteiger partial charge on any atom is -0.387 e. The average Bonchev–Trinajstić information content (AvgIpc) is 3.20. The average molecular weight is 475 g/mol. The van der Waals surface area contributed by atoms with Gasteiger partial charge in [-0.15, -0.1) is 4.40 Å². The van der Waals surface area contributed by atoms with Crippen molar-refractivity contribution in [2.24, 2.45) is 20.2 Å². The van der Waals surface area contributed by atoms with Crippen LogP contribution in [-0.4, -0.2) is 54.9 Å². The first-order valence-electron chi connectivity index (χ1n) is 10.3. The van der Waals surface area contributed by atoms with Crippen LogP contribution in [0.3, 0.4) is 0 Å². The highest BCUT2D eigenvalue weighted by Crippen LogP contribution is 2.30. The fraction of sp³-hybridized carbons (Fsp3) is 0.318. The summed E-state index contributed by atoms with van der Waals surface area (Å²) in [6.07, 6.45) is 0. The van der Waals surface area contributed by atoms with Gasteiger partial charge in [-0.05, 0) is 30.2 Å². The molecule has 10 heteroatoms. The van der Waals surface area contributed by atoms with Crippen molar-refractivity contribution in [1.29, 1.82) is 0 Å². The zero-order valence-electron chi connectivity index (χ0n) is 18.3. The molecule has 1 heterocycles. The largest absolute Gasteiger partial charge is 0.387 e. The van der Waals surface area contributed by atoms with Crippen molar-refractivity contribution in [2.45, 2.75) is 26.7 Å². The zero-order chi connectivity index (χ0) is 23.3. The Kier molecular flexibility index (Phi) is 7.65. The molecule has 0 bridgehead atoms. The SMILES string of the molecule is CCN(CC)S(=O)(=O)/N=C(/N=C(/C)N)N1CC(c2ccccc2)C(c2ccc(Cl)cc2)=N1. The van der Waals surface area contributed by atoms with Crippen LogP contribution < -0.4 is 5.73 Å². The molecule has 1 unspecified atom stereocenters. The van der Waals surface area contributed by atoms with E-state index in [0.29, 0.717) is 24.7 Å². The molecule has 0 saturated heterocycles. The van der Waals surface area contributed by atoms with Gasteiger partial charge in [-0.25, -0.2) is 5.01 Å². The van der Waals surface area contributed by atoms with Crippen molar-refractivity contribution in [3.8, 4) is 0 Å². The van der Waals surface area contributed by atoms with Crippen LogP contribution in [0.25, 0.3) is 0 Å². The van der Waals surface area contributed by atoms with E-state index >= 15 is 0 Å². The van der Waals surface area contributed by atoms with Crippen molar-refractivity contribution in [3.63, 3.8) is 0 Å². The molecular weight excluding hydrogens is 448 g/mol. The van der Waals surface area contributed by atoms with Gasteiger partial charge in [0.05, 0.1) is 18.1 Å². The maximum Gasteiger partial charge on any atom is 0.325 e. The Labute approximate surface area is 194 Å². The number of halogens is 1. The van der Waals surface area contributed by atoms with Crippen LogP contribution in [0.2, 0.25) is 5.02 Å². The predicted molar refractivity (Wildman–Crippen MR) is 130 cm³/mol. The van der Waals surface area contributed by atoms with Gasteiger partial charge in [-0.3, -0.25) is 0 Å². The first-order valence-corrected chi connectivity index (χ1v) is 12.1. The van der Waals surface area contributed by atoms with E-state index in [1.54, 1.807) is 32.9 Å². The Morgan fingerprint density at radius 3 is 2.34 bits per heavy atom. The number of amidine groups is 1. The van der Waals surface area contributed by atoms with Gasteiger partial charge in [0.1, 0.15) is 0 Å². The summed E-state index contributed by atoms with van der Waals surface area (Å²) in [5, 5.41) is 6.85. The molecule has 0 amide bonds. The first-order chi connectivity index (χ1) is 15.2. The van der Waals surface area contributed by atoms with Gasteiger partial charge in [-0.1, -0.05) is 67.9 Å². The van der Waals surface area contributed by atoms with Crippen LogP contribution in [0.15, 0.2) is 69.1 Å². The number of benzene rings is 2. The summed E-state index contributed by atoms with van der Waals surface area (Å²) in [5.74, 6) is -0.00120. The molecule has 0 fully saturated rings. The minimum atomic E-state index is -3.94. The predicted octanol–water partition coefficient (Wildman–Crippen LogP) is 3.46. The smallest absolute Gasteiger partial charge is 0.325 e. The number of hydrogen-bond acceptors (Lipinski definition) is 3. The molecule has 170 valence electrons. The number of rotatable bonds is 6. The zero-order valence-corrected chi connectivity index (χ0v) is 19.9. The first kappa shape index (κ1) is 23.9. The van der Waals surface area contributed by atoms with Gasteiger partial charge < -0.3 is 5.73 Å². The maximum absolute atomic E-state index is 12.8. The fourth-order valence-electron chi connectivity index (χ4n) is 3.45. The van der Waals surface area contributed by atoms with E-state index in [4.69, 9.17) is 22.4 Å². The van der Waals surface area contributed by atoms with Gasteiger partial charge in [0.25, 0.3) is 5.96 Å². The van der Waals surface area contributed by atoms with E-state index in [2.05, 4.69) is 9.39 Å². The lowest BCUT2D eigenvalue weighted by Gasteiger charge is -2.18. The molecule has 1 aliphatic rings. The second kappa shape index (κ2) is 10.2. The van der Waals surface area contributed by atoms with E-state index in [-0.39, 0.29) is 17.7 Å². The molecule has 0 saturated carbocycles. The monoisotopic (exact) mass is 474 g/mol. The van der Waals surface area contributed by atoms with Crippen molar-refractivity contribution >= 4 is 39.3 Å². The van der Waals surface area contributed by atoms with Gasteiger partial charge in [0, 0.05) is 24.0 Å². The summed E-state index contributed by atoms with van der Waals surface area (Å²) in [6.45, 7) is 6.05. The normalized spacial score (nSPS) is 17.7. The van der Waals surface area contributed by atoms with E-state index in [9.17, 15) is 8.42 Å². The molecule has 2 aromatic carbocycles. The Balaban J connectivity index is 2.10. The Morgan fingerprint density at radius 2 is 1.78 bits per heavy atom. The van der Waals surface area contributed by atoms with Crippen molar-refractivity contribution in [2.75, 3.05) is 19.6 Å². The summed E-state index contributed by atoms with van der Waals surface area (Å²) in [6, 6.07) is 17.3. The lowest BCUT2D eigenvalue weighted by Crippen LogP contribution is -2.33. The third kappa shape index (κ3) is 5.53. The van der Waals surface area contributed by atoms with E-state index in [0.717, 1.165) is 16.8 Å².